The van der Waals surface area contributed by atoms with Crippen molar-refractivity contribution in [1.29, 1.82) is 0 Å². The standard InChI is InChI=1S/C15H21ClFN/c1-18-11-15(7-3-2-4-8-15)10-12-5-6-14(17)13(16)9-12/h5-6,9,18H,2-4,7-8,10-11H2,1H3. The van der Waals surface area contributed by atoms with Crippen LogP contribution in [0.5, 0.6) is 0 Å². The van der Waals surface area contributed by atoms with Crippen LogP contribution in [0, 0.1) is 11.2 Å². The average molecular weight is 270 g/mol. The van der Waals surface area contributed by atoms with E-state index in [9.17, 15) is 4.39 Å². The quantitative estimate of drug-likeness (QED) is 0.864. The molecule has 0 heterocycles. The lowest BCUT2D eigenvalue weighted by atomic mass is 9.70. The fourth-order valence-electron chi connectivity index (χ4n) is 3.18. The van der Waals surface area contributed by atoms with Crippen molar-refractivity contribution in [2.24, 2.45) is 5.41 Å². The van der Waals surface area contributed by atoms with Gasteiger partial charge in [-0.15, -0.1) is 0 Å². The van der Waals surface area contributed by atoms with Gasteiger partial charge in [-0.2, -0.15) is 0 Å². The van der Waals surface area contributed by atoms with Gasteiger partial charge in [0.2, 0.25) is 0 Å². The lowest BCUT2D eigenvalue weighted by Gasteiger charge is -2.37. The number of benzene rings is 1. The third-order valence-corrected chi connectivity index (χ3v) is 4.32. The van der Waals surface area contributed by atoms with E-state index in [2.05, 4.69) is 5.32 Å². The Morgan fingerprint density at radius 1 is 1.28 bits per heavy atom. The van der Waals surface area contributed by atoms with Gasteiger partial charge in [0.1, 0.15) is 5.82 Å². The Morgan fingerprint density at radius 2 is 2.00 bits per heavy atom. The summed E-state index contributed by atoms with van der Waals surface area (Å²) >= 11 is 5.86. The van der Waals surface area contributed by atoms with Crippen molar-refractivity contribution in [3.8, 4) is 0 Å². The van der Waals surface area contributed by atoms with E-state index in [1.807, 2.05) is 13.1 Å². The van der Waals surface area contributed by atoms with Crippen molar-refractivity contribution in [3.05, 3.63) is 34.6 Å². The highest BCUT2D eigenvalue weighted by atomic mass is 35.5. The van der Waals surface area contributed by atoms with Crippen molar-refractivity contribution in [1.82, 2.24) is 5.32 Å². The van der Waals surface area contributed by atoms with E-state index in [0.717, 1.165) is 18.5 Å². The zero-order valence-corrected chi connectivity index (χ0v) is 11.7. The maximum absolute atomic E-state index is 13.2. The molecule has 0 bridgehead atoms. The summed E-state index contributed by atoms with van der Waals surface area (Å²) in [4.78, 5) is 0. The zero-order valence-electron chi connectivity index (χ0n) is 10.9. The minimum Gasteiger partial charge on any atom is -0.319 e. The molecular weight excluding hydrogens is 249 g/mol. The predicted molar refractivity (Wildman–Crippen MR) is 74.6 cm³/mol. The predicted octanol–water partition coefficient (Wildman–Crippen LogP) is 4.19. The Kier molecular flexibility index (Phi) is 4.63. The van der Waals surface area contributed by atoms with Gasteiger partial charge in [-0.3, -0.25) is 0 Å². The Balaban J connectivity index is 2.14. The van der Waals surface area contributed by atoms with Crippen LogP contribution in [0.3, 0.4) is 0 Å². The maximum atomic E-state index is 13.2. The van der Waals surface area contributed by atoms with Gasteiger partial charge < -0.3 is 5.32 Å². The highest BCUT2D eigenvalue weighted by Gasteiger charge is 2.31. The van der Waals surface area contributed by atoms with E-state index >= 15 is 0 Å². The summed E-state index contributed by atoms with van der Waals surface area (Å²) in [5, 5.41) is 3.56. The number of hydrogen-bond donors (Lipinski definition) is 1. The van der Waals surface area contributed by atoms with Crippen LogP contribution in [0.1, 0.15) is 37.7 Å². The second-order valence-electron chi connectivity index (χ2n) is 5.52. The first-order chi connectivity index (χ1) is 8.65. The molecule has 0 radical (unpaired) electrons. The van der Waals surface area contributed by atoms with E-state index in [4.69, 9.17) is 11.6 Å². The van der Waals surface area contributed by atoms with E-state index in [1.165, 1.54) is 38.2 Å². The van der Waals surface area contributed by atoms with Gasteiger partial charge in [-0.05, 0) is 49.4 Å². The molecule has 1 fully saturated rings. The molecule has 3 heteroatoms. The first-order valence-corrected chi connectivity index (χ1v) is 7.12. The molecule has 1 aliphatic carbocycles. The van der Waals surface area contributed by atoms with Crippen LogP contribution >= 0.6 is 11.6 Å². The minimum absolute atomic E-state index is 0.239. The van der Waals surface area contributed by atoms with E-state index in [1.54, 1.807) is 6.07 Å². The Labute approximate surface area is 114 Å². The molecule has 0 aromatic heterocycles. The molecule has 0 saturated heterocycles. The number of nitrogens with one attached hydrogen (secondary N) is 1. The lowest BCUT2D eigenvalue weighted by Crippen LogP contribution is -2.36. The number of hydrogen-bond acceptors (Lipinski definition) is 1. The highest BCUT2D eigenvalue weighted by Crippen LogP contribution is 2.39. The van der Waals surface area contributed by atoms with Crippen LogP contribution in [0.2, 0.25) is 5.02 Å². The van der Waals surface area contributed by atoms with Gasteiger partial charge in [0.25, 0.3) is 0 Å². The molecule has 0 aliphatic heterocycles. The third-order valence-electron chi connectivity index (χ3n) is 4.03. The van der Waals surface area contributed by atoms with Crippen LogP contribution in [0.15, 0.2) is 18.2 Å². The molecule has 18 heavy (non-hydrogen) atoms. The summed E-state index contributed by atoms with van der Waals surface area (Å²) in [5.41, 5.74) is 1.48. The smallest absolute Gasteiger partial charge is 0.141 e. The molecule has 1 nitrogen and oxygen atoms in total. The largest absolute Gasteiger partial charge is 0.319 e. The second-order valence-corrected chi connectivity index (χ2v) is 5.92. The molecular formula is C15H21ClFN. The monoisotopic (exact) mass is 269 g/mol. The fraction of sp³-hybridized carbons (Fsp3) is 0.600. The van der Waals surface area contributed by atoms with E-state index in [-0.39, 0.29) is 10.8 Å². The molecule has 1 aromatic carbocycles. The normalized spacial score (nSPS) is 18.8. The van der Waals surface area contributed by atoms with Crippen LogP contribution in [0.25, 0.3) is 0 Å². The van der Waals surface area contributed by atoms with E-state index in [0.29, 0.717) is 5.41 Å². The summed E-state index contributed by atoms with van der Waals surface area (Å²) in [6.45, 7) is 1.03. The molecule has 1 aromatic rings. The van der Waals surface area contributed by atoms with Crippen molar-refractivity contribution in [2.75, 3.05) is 13.6 Å². The summed E-state index contributed by atoms with van der Waals surface area (Å²) in [6, 6.07) is 5.13. The molecule has 1 N–H and O–H groups in total. The molecule has 1 saturated carbocycles. The van der Waals surface area contributed by atoms with Gasteiger partial charge in [0, 0.05) is 6.54 Å². The molecule has 0 spiro atoms. The van der Waals surface area contributed by atoms with Gasteiger partial charge in [0.05, 0.1) is 5.02 Å². The first-order valence-electron chi connectivity index (χ1n) is 6.74. The Hall–Kier alpha value is -0.600. The van der Waals surface area contributed by atoms with Crippen LogP contribution in [0.4, 0.5) is 4.39 Å². The van der Waals surface area contributed by atoms with Gasteiger partial charge in [0.15, 0.2) is 0 Å². The zero-order chi connectivity index (χ0) is 13.0. The topological polar surface area (TPSA) is 12.0 Å². The van der Waals surface area contributed by atoms with E-state index < -0.39 is 0 Å². The second kappa shape index (κ2) is 6.03. The van der Waals surface area contributed by atoms with Gasteiger partial charge in [-0.25, -0.2) is 4.39 Å². The van der Waals surface area contributed by atoms with Crippen molar-refractivity contribution < 1.29 is 4.39 Å². The fourth-order valence-corrected chi connectivity index (χ4v) is 3.38. The highest BCUT2D eigenvalue weighted by molar-refractivity contribution is 6.30. The molecule has 0 atom stereocenters. The summed E-state index contributed by atoms with van der Waals surface area (Å²) in [5.74, 6) is -0.327. The summed E-state index contributed by atoms with van der Waals surface area (Å²) in [7, 11) is 2.01. The van der Waals surface area contributed by atoms with Crippen LogP contribution < -0.4 is 5.32 Å². The van der Waals surface area contributed by atoms with Crippen molar-refractivity contribution in [2.45, 2.75) is 38.5 Å². The first kappa shape index (κ1) is 13.8. The third kappa shape index (κ3) is 3.24. The Morgan fingerprint density at radius 3 is 2.61 bits per heavy atom. The molecule has 0 amide bonds. The van der Waals surface area contributed by atoms with Crippen molar-refractivity contribution >= 4 is 11.6 Å². The lowest BCUT2D eigenvalue weighted by molar-refractivity contribution is 0.185. The molecule has 1 aliphatic rings. The van der Waals surface area contributed by atoms with Crippen LogP contribution in [-0.2, 0) is 6.42 Å². The summed E-state index contributed by atoms with van der Waals surface area (Å²) < 4.78 is 13.2. The Bertz CT molecular complexity index is 394. The molecule has 2 rings (SSSR count). The molecule has 100 valence electrons. The average Bonchev–Trinajstić information content (AvgIpc) is 2.35. The van der Waals surface area contributed by atoms with Gasteiger partial charge in [-0.1, -0.05) is 36.9 Å². The van der Waals surface area contributed by atoms with Gasteiger partial charge >= 0.3 is 0 Å². The maximum Gasteiger partial charge on any atom is 0.141 e. The number of halogens is 2. The number of rotatable bonds is 4. The SMILES string of the molecule is CNCC1(Cc2ccc(F)c(Cl)c2)CCCCC1. The summed E-state index contributed by atoms with van der Waals surface area (Å²) in [6.07, 6.45) is 7.45. The molecule has 0 unspecified atom stereocenters. The van der Waals surface area contributed by atoms with Crippen molar-refractivity contribution in [3.63, 3.8) is 0 Å². The van der Waals surface area contributed by atoms with Crippen LogP contribution in [-0.4, -0.2) is 13.6 Å². The minimum atomic E-state index is -0.327.